The zero-order chi connectivity index (χ0) is 32.3. The van der Waals surface area contributed by atoms with Crippen LogP contribution in [0.15, 0.2) is 77.2 Å². The van der Waals surface area contributed by atoms with Crippen LogP contribution in [0.25, 0.3) is 11.0 Å². The van der Waals surface area contributed by atoms with E-state index >= 15 is 0 Å². The minimum absolute atomic E-state index is 0.00942. The summed E-state index contributed by atoms with van der Waals surface area (Å²) in [6.07, 6.45) is -0.366. The quantitative estimate of drug-likeness (QED) is 0.233. The molecule has 2 aliphatic rings. The average molecular weight is 632 g/mol. The highest BCUT2D eigenvalue weighted by Crippen LogP contribution is 2.31. The summed E-state index contributed by atoms with van der Waals surface area (Å²) in [7, 11) is 0. The van der Waals surface area contributed by atoms with E-state index in [1.165, 1.54) is 12.1 Å². The molecule has 8 nitrogen and oxygen atoms in total. The lowest BCUT2D eigenvalue weighted by atomic mass is 9.93. The molecule has 1 aliphatic heterocycles. The lowest BCUT2D eigenvalue weighted by Gasteiger charge is -2.32. The van der Waals surface area contributed by atoms with Crippen molar-refractivity contribution >= 4 is 22.8 Å². The van der Waals surface area contributed by atoms with Crippen LogP contribution >= 0.6 is 0 Å². The second-order valence-corrected chi connectivity index (χ2v) is 11.7. The van der Waals surface area contributed by atoms with Crippen LogP contribution < -0.4 is 14.8 Å². The fraction of sp³-hybridized carbons (Fsp3) is 0.343. The molecule has 0 atom stereocenters. The standard InChI is InChI=1S/C35H32F3N3O5/c36-35(37,38)25-4-10-28(11-5-25)45-30-15-17-41(18-16-30)34(43)23-3-14-31-24(19-23)20-32(46-31)33(42)40-26-6-12-29(13-7-26)44-27-8-1-22(21-39)2-9-27/h1-5,8-11,14,19-20,26,29-30H,6-7,12-13,15-18H2,(H,40,42). The fourth-order valence-electron chi connectivity index (χ4n) is 5.94. The largest absolute Gasteiger partial charge is 0.490 e. The zero-order valence-electron chi connectivity index (χ0n) is 24.9. The van der Waals surface area contributed by atoms with Crippen LogP contribution in [-0.4, -0.2) is 48.1 Å². The first-order valence-electron chi connectivity index (χ1n) is 15.3. The van der Waals surface area contributed by atoms with Gasteiger partial charge in [0, 0.05) is 42.9 Å². The van der Waals surface area contributed by atoms with Gasteiger partial charge < -0.3 is 24.1 Å². The molecule has 1 N–H and O–H groups in total. The van der Waals surface area contributed by atoms with Crippen LogP contribution in [0.1, 0.15) is 70.6 Å². The number of nitrogens with one attached hydrogen (secondary N) is 1. The number of fused-ring (bicyclic) bond motifs is 1. The third-order valence-corrected chi connectivity index (χ3v) is 8.50. The number of carbonyl (C=O) groups is 2. The summed E-state index contributed by atoms with van der Waals surface area (Å²) in [6.45, 7) is 0.893. The van der Waals surface area contributed by atoms with E-state index in [0.29, 0.717) is 53.8 Å². The predicted molar refractivity (Wildman–Crippen MR) is 163 cm³/mol. The van der Waals surface area contributed by atoms with Crippen molar-refractivity contribution in [3.8, 4) is 17.6 Å². The average Bonchev–Trinajstić information content (AvgIpc) is 3.50. The van der Waals surface area contributed by atoms with Crippen LogP contribution in [0.3, 0.4) is 0 Å². The van der Waals surface area contributed by atoms with Crippen molar-refractivity contribution in [2.45, 2.75) is 63.0 Å². The number of rotatable bonds is 7. The van der Waals surface area contributed by atoms with E-state index in [0.717, 1.165) is 43.6 Å². The van der Waals surface area contributed by atoms with Crippen molar-refractivity contribution in [3.05, 3.63) is 95.2 Å². The number of piperidine rings is 1. The number of halogens is 3. The molecule has 2 fully saturated rings. The van der Waals surface area contributed by atoms with Crippen molar-refractivity contribution < 1.29 is 36.7 Å². The minimum Gasteiger partial charge on any atom is -0.490 e. The molecule has 1 aromatic heterocycles. The number of ether oxygens (including phenoxy) is 2. The molecule has 2 heterocycles. The number of amides is 2. The monoisotopic (exact) mass is 631 g/mol. The van der Waals surface area contributed by atoms with Gasteiger partial charge in [0.2, 0.25) is 0 Å². The first kappa shape index (κ1) is 31.0. The van der Waals surface area contributed by atoms with E-state index < -0.39 is 11.7 Å². The number of nitrogens with zero attached hydrogens (tertiary/aromatic N) is 2. The predicted octanol–water partition coefficient (Wildman–Crippen LogP) is 7.13. The zero-order valence-corrected chi connectivity index (χ0v) is 24.9. The highest BCUT2D eigenvalue weighted by Gasteiger charge is 2.31. The summed E-state index contributed by atoms with van der Waals surface area (Å²) in [4.78, 5) is 28.0. The smallest absolute Gasteiger partial charge is 0.416 e. The lowest BCUT2D eigenvalue weighted by molar-refractivity contribution is -0.137. The molecule has 0 spiro atoms. The molecule has 46 heavy (non-hydrogen) atoms. The summed E-state index contributed by atoms with van der Waals surface area (Å²) in [6, 6.07) is 20.5. The highest BCUT2D eigenvalue weighted by atomic mass is 19.4. The Labute approximate surface area is 263 Å². The number of alkyl halides is 3. The van der Waals surface area contributed by atoms with Crippen molar-refractivity contribution in [3.63, 3.8) is 0 Å². The van der Waals surface area contributed by atoms with Crippen LogP contribution in [-0.2, 0) is 6.18 Å². The van der Waals surface area contributed by atoms with Gasteiger partial charge in [-0.15, -0.1) is 0 Å². The highest BCUT2D eigenvalue weighted by molar-refractivity contribution is 6.00. The Morgan fingerprint density at radius 2 is 1.43 bits per heavy atom. The molecule has 0 bridgehead atoms. The maximum atomic E-state index is 13.3. The molecule has 0 radical (unpaired) electrons. The molecule has 1 saturated carbocycles. The number of furan rings is 1. The SMILES string of the molecule is N#Cc1ccc(OC2CCC(NC(=O)c3cc4cc(C(=O)N5CCC(Oc6ccc(C(F)(F)F)cc6)CC5)ccc4o3)CC2)cc1. The van der Waals surface area contributed by atoms with Gasteiger partial charge in [0.05, 0.1) is 23.3 Å². The maximum absolute atomic E-state index is 13.3. The summed E-state index contributed by atoms with van der Waals surface area (Å²) in [5.74, 6) is 0.806. The van der Waals surface area contributed by atoms with Crippen LogP contribution in [0, 0.1) is 11.3 Å². The molecule has 2 amide bonds. The molecule has 3 aromatic carbocycles. The number of carbonyl (C=O) groups excluding carboxylic acids is 2. The van der Waals surface area contributed by atoms with Gasteiger partial charge >= 0.3 is 6.18 Å². The first-order chi connectivity index (χ1) is 22.1. The van der Waals surface area contributed by atoms with Gasteiger partial charge in [-0.25, -0.2) is 0 Å². The topological polar surface area (TPSA) is 105 Å². The Hall–Kier alpha value is -4.98. The van der Waals surface area contributed by atoms with Gasteiger partial charge in [-0.05, 0) is 98.5 Å². The summed E-state index contributed by atoms with van der Waals surface area (Å²) in [5.41, 5.74) is 0.832. The lowest BCUT2D eigenvalue weighted by Crippen LogP contribution is -2.41. The van der Waals surface area contributed by atoms with E-state index in [-0.39, 0.29) is 35.8 Å². The second-order valence-electron chi connectivity index (χ2n) is 11.7. The Morgan fingerprint density at radius 3 is 2.04 bits per heavy atom. The molecular weight excluding hydrogens is 599 g/mol. The van der Waals surface area contributed by atoms with E-state index in [1.807, 2.05) is 0 Å². The van der Waals surface area contributed by atoms with Crippen LogP contribution in [0.2, 0.25) is 0 Å². The molecule has 4 aromatic rings. The third-order valence-electron chi connectivity index (χ3n) is 8.50. The van der Waals surface area contributed by atoms with Crippen molar-refractivity contribution in [2.24, 2.45) is 0 Å². The summed E-state index contributed by atoms with van der Waals surface area (Å²) < 4.78 is 56.1. The van der Waals surface area contributed by atoms with Crippen molar-refractivity contribution in [2.75, 3.05) is 13.1 Å². The Bertz CT molecular complexity index is 1730. The molecule has 1 saturated heterocycles. The molecule has 1 aliphatic carbocycles. The Kier molecular flexibility index (Phi) is 8.88. The van der Waals surface area contributed by atoms with Crippen molar-refractivity contribution in [1.82, 2.24) is 10.2 Å². The number of hydrogen-bond acceptors (Lipinski definition) is 6. The van der Waals surface area contributed by atoms with Gasteiger partial charge in [0.15, 0.2) is 5.76 Å². The normalized spacial score (nSPS) is 19.0. The number of likely N-dealkylation sites (tertiary alicyclic amines) is 1. The van der Waals surface area contributed by atoms with Crippen molar-refractivity contribution in [1.29, 1.82) is 5.26 Å². The Balaban J connectivity index is 0.985. The second kappa shape index (κ2) is 13.2. The van der Waals surface area contributed by atoms with Crippen LogP contribution in [0.4, 0.5) is 13.2 Å². The van der Waals surface area contributed by atoms with E-state index in [1.54, 1.807) is 53.4 Å². The van der Waals surface area contributed by atoms with Gasteiger partial charge in [0.1, 0.15) is 23.2 Å². The number of nitriles is 1. The fourth-order valence-corrected chi connectivity index (χ4v) is 5.94. The number of benzene rings is 3. The molecule has 11 heteroatoms. The van der Waals surface area contributed by atoms with Gasteiger partial charge in [-0.3, -0.25) is 9.59 Å². The summed E-state index contributed by atoms with van der Waals surface area (Å²) >= 11 is 0. The van der Waals surface area contributed by atoms with Gasteiger partial charge in [0.25, 0.3) is 11.8 Å². The summed E-state index contributed by atoms with van der Waals surface area (Å²) in [5, 5.41) is 12.7. The Morgan fingerprint density at radius 1 is 0.826 bits per heavy atom. The minimum atomic E-state index is -4.40. The maximum Gasteiger partial charge on any atom is 0.416 e. The molecule has 0 unspecified atom stereocenters. The van der Waals surface area contributed by atoms with Gasteiger partial charge in [-0.2, -0.15) is 18.4 Å². The van der Waals surface area contributed by atoms with Crippen LogP contribution in [0.5, 0.6) is 11.5 Å². The molecule has 238 valence electrons. The third kappa shape index (κ3) is 7.28. The first-order valence-corrected chi connectivity index (χ1v) is 15.3. The molecule has 6 rings (SSSR count). The van der Waals surface area contributed by atoms with E-state index in [4.69, 9.17) is 19.2 Å². The molecular formula is C35H32F3N3O5. The number of hydrogen-bond donors (Lipinski definition) is 1. The van der Waals surface area contributed by atoms with E-state index in [9.17, 15) is 22.8 Å². The van der Waals surface area contributed by atoms with E-state index in [2.05, 4.69) is 11.4 Å². The van der Waals surface area contributed by atoms with Gasteiger partial charge in [-0.1, -0.05) is 0 Å².